The topological polar surface area (TPSA) is 73.0 Å². The molecule has 1 aromatic carbocycles. The van der Waals surface area contributed by atoms with Crippen molar-refractivity contribution in [2.45, 2.75) is 37.9 Å². The molecule has 2 aromatic heterocycles. The molecule has 1 N–H and O–H groups in total. The molecular formula is C20H24N4O2S. The summed E-state index contributed by atoms with van der Waals surface area (Å²) >= 11 is 1.36. The van der Waals surface area contributed by atoms with Gasteiger partial charge in [0, 0.05) is 12.6 Å². The number of aromatic nitrogens is 3. The van der Waals surface area contributed by atoms with E-state index in [0.717, 1.165) is 17.1 Å². The van der Waals surface area contributed by atoms with Crippen LogP contribution < -0.4 is 5.32 Å². The van der Waals surface area contributed by atoms with Crippen molar-refractivity contribution >= 4 is 17.7 Å². The molecule has 2 heterocycles. The van der Waals surface area contributed by atoms with Crippen LogP contribution in [-0.4, -0.2) is 26.4 Å². The minimum Gasteiger partial charge on any atom is -0.467 e. The summed E-state index contributed by atoms with van der Waals surface area (Å²) in [4.78, 5) is 12.0. The molecule has 0 aliphatic heterocycles. The van der Waals surface area contributed by atoms with E-state index in [1.54, 1.807) is 12.3 Å². The number of hydrogen-bond acceptors (Lipinski definition) is 5. The summed E-state index contributed by atoms with van der Waals surface area (Å²) in [5, 5.41) is 12.0. The van der Waals surface area contributed by atoms with Gasteiger partial charge in [0.1, 0.15) is 5.76 Å². The van der Waals surface area contributed by atoms with Gasteiger partial charge in [-0.15, -0.1) is 10.2 Å². The fraction of sp³-hybridized carbons (Fsp3) is 0.350. The number of carbonyl (C=O) groups excluding carboxylic acids is 1. The minimum atomic E-state index is -0.0736. The van der Waals surface area contributed by atoms with Gasteiger partial charge in [-0.2, -0.15) is 0 Å². The Morgan fingerprint density at radius 3 is 2.56 bits per heavy atom. The number of hydrogen-bond donors (Lipinski definition) is 1. The maximum atomic E-state index is 12.0. The Hall–Kier alpha value is -2.54. The van der Waals surface area contributed by atoms with Crippen LogP contribution in [0, 0.1) is 0 Å². The van der Waals surface area contributed by atoms with Crippen LogP contribution in [0.15, 0.2) is 52.2 Å². The minimum absolute atomic E-state index is 0.0736. The van der Waals surface area contributed by atoms with Gasteiger partial charge in [0.25, 0.3) is 0 Å². The van der Waals surface area contributed by atoms with Gasteiger partial charge in [-0.1, -0.05) is 56.8 Å². The lowest BCUT2D eigenvalue weighted by Crippen LogP contribution is -2.24. The van der Waals surface area contributed by atoms with Gasteiger partial charge >= 0.3 is 0 Å². The van der Waals surface area contributed by atoms with Crippen molar-refractivity contribution in [3.63, 3.8) is 0 Å². The first-order chi connectivity index (χ1) is 12.8. The van der Waals surface area contributed by atoms with Gasteiger partial charge in [-0.25, -0.2) is 0 Å². The molecule has 3 aromatic rings. The quantitative estimate of drug-likeness (QED) is 0.655. The van der Waals surface area contributed by atoms with E-state index in [9.17, 15) is 4.79 Å². The number of nitrogens with one attached hydrogen (secondary N) is 1. The summed E-state index contributed by atoms with van der Waals surface area (Å²) in [7, 11) is 1.91. The van der Waals surface area contributed by atoms with Gasteiger partial charge in [-0.05, 0) is 23.1 Å². The van der Waals surface area contributed by atoms with E-state index in [-0.39, 0.29) is 17.1 Å². The first-order valence-electron chi connectivity index (χ1n) is 8.77. The third-order valence-electron chi connectivity index (χ3n) is 4.22. The van der Waals surface area contributed by atoms with Crippen molar-refractivity contribution in [1.29, 1.82) is 0 Å². The van der Waals surface area contributed by atoms with Gasteiger partial charge in [0.2, 0.25) is 5.91 Å². The Bertz CT molecular complexity index is 893. The molecule has 142 valence electrons. The summed E-state index contributed by atoms with van der Waals surface area (Å²) in [5.41, 5.74) is 2.39. The Balaban J connectivity index is 1.60. The third-order valence-corrected chi connectivity index (χ3v) is 5.24. The average Bonchev–Trinajstić information content (AvgIpc) is 3.27. The maximum Gasteiger partial charge on any atom is 0.230 e. The highest BCUT2D eigenvalue weighted by Crippen LogP contribution is 2.26. The van der Waals surface area contributed by atoms with Crippen molar-refractivity contribution in [3.8, 4) is 11.4 Å². The Kier molecular flexibility index (Phi) is 5.70. The molecule has 0 saturated heterocycles. The molecule has 0 atom stereocenters. The Labute approximate surface area is 163 Å². The van der Waals surface area contributed by atoms with Crippen LogP contribution in [0.1, 0.15) is 32.1 Å². The zero-order valence-electron chi connectivity index (χ0n) is 16.0. The van der Waals surface area contributed by atoms with Crippen LogP contribution >= 0.6 is 11.8 Å². The van der Waals surface area contributed by atoms with Crippen LogP contribution in [0.5, 0.6) is 0 Å². The average molecular weight is 385 g/mol. The molecule has 0 spiro atoms. The summed E-state index contributed by atoms with van der Waals surface area (Å²) in [6.45, 7) is 6.96. The smallest absolute Gasteiger partial charge is 0.230 e. The Morgan fingerprint density at radius 2 is 1.93 bits per heavy atom. The fourth-order valence-electron chi connectivity index (χ4n) is 2.59. The molecule has 0 bridgehead atoms. The van der Waals surface area contributed by atoms with E-state index in [4.69, 9.17) is 4.42 Å². The monoisotopic (exact) mass is 384 g/mol. The molecule has 7 heteroatoms. The Morgan fingerprint density at radius 1 is 1.19 bits per heavy atom. The zero-order valence-corrected chi connectivity index (χ0v) is 16.8. The number of amides is 1. The van der Waals surface area contributed by atoms with Crippen molar-refractivity contribution < 1.29 is 9.21 Å². The second-order valence-corrected chi connectivity index (χ2v) is 8.28. The number of carbonyl (C=O) groups is 1. The van der Waals surface area contributed by atoms with Crippen molar-refractivity contribution in [1.82, 2.24) is 20.1 Å². The molecule has 0 radical (unpaired) electrons. The largest absolute Gasteiger partial charge is 0.467 e. The summed E-state index contributed by atoms with van der Waals surface area (Å²) in [5.74, 6) is 1.72. The van der Waals surface area contributed by atoms with Crippen molar-refractivity contribution in [2.75, 3.05) is 5.75 Å². The van der Waals surface area contributed by atoms with E-state index < -0.39 is 0 Å². The normalized spacial score (nSPS) is 11.6. The highest BCUT2D eigenvalue weighted by Gasteiger charge is 2.16. The number of rotatable bonds is 6. The molecular weight excluding hydrogens is 360 g/mol. The molecule has 27 heavy (non-hydrogen) atoms. The van der Waals surface area contributed by atoms with E-state index in [1.807, 2.05) is 17.7 Å². The fourth-order valence-corrected chi connectivity index (χ4v) is 3.33. The van der Waals surface area contributed by atoms with Crippen LogP contribution in [0.4, 0.5) is 0 Å². The lowest BCUT2D eigenvalue weighted by Gasteiger charge is -2.19. The number of nitrogens with zero attached hydrogens (tertiary/aromatic N) is 3. The molecule has 3 rings (SSSR count). The van der Waals surface area contributed by atoms with Crippen LogP contribution in [-0.2, 0) is 23.8 Å². The first kappa shape index (κ1) is 19.2. The van der Waals surface area contributed by atoms with Crippen LogP contribution in [0.3, 0.4) is 0 Å². The highest BCUT2D eigenvalue weighted by atomic mass is 32.2. The molecule has 0 unspecified atom stereocenters. The molecule has 0 fully saturated rings. The van der Waals surface area contributed by atoms with Crippen LogP contribution in [0.2, 0.25) is 0 Å². The molecule has 0 saturated carbocycles. The number of furan rings is 1. The molecule has 0 aliphatic rings. The van der Waals surface area contributed by atoms with E-state index in [1.165, 1.54) is 17.3 Å². The van der Waals surface area contributed by atoms with Crippen molar-refractivity contribution in [2.24, 2.45) is 7.05 Å². The van der Waals surface area contributed by atoms with Gasteiger partial charge < -0.3 is 14.3 Å². The maximum absolute atomic E-state index is 12.0. The van der Waals surface area contributed by atoms with Gasteiger partial charge in [0.15, 0.2) is 11.0 Å². The van der Waals surface area contributed by atoms with Crippen molar-refractivity contribution in [3.05, 3.63) is 54.0 Å². The van der Waals surface area contributed by atoms with E-state index >= 15 is 0 Å². The third kappa shape index (κ3) is 4.80. The SMILES string of the molecule is Cn1c(SCC(=O)NCc2ccco2)nnc1-c1ccc(C(C)(C)C)cc1. The van der Waals surface area contributed by atoms with Crippen LogP contribution in [0.25, 0.3) is 11.4 Å². The lowest BCUT2D eigenvalue weighted by molar-refractivity contribution is -0.118. The molecule has 6 nitrogen and oxygen atoms in total. The standard InChI is InChI=1S/C20H24N4O2S/c1-20(2,3)15-9-7-14(8-10-15)18-22-23-19(24(18)4)27-13-17(25)21-12-16-6-5-11-26-16/h5-11H,12-13H2,1-4H3,(H,21,25). The predicted molar refractivity (Wildman–Crippen MR) is 106 cm³/mol. The first-order valence-corrected chi connectivity index (χ1v) is 9.75. The van der Waals surface area contributed by atoms with E-state index in [2.05, 4.69) is 60.6 Å². The summed E-state index contributed by atoms with van der Waals surface area (Å²) < 4.78 is 7.11. The highest BCUT2D eigenvalue weighted by molar-refractivity contribution is 7.99. The van der Waals surface area contributed by atoms with Gasteiger partial charge in [0.05, 0.1) is 18.6 Å². The molecule has 0 aliphatic carbocycles. The predicted octanol–water partition coefficient (Wildman–Crippen LogP) is 3.78. The van der Waals surface area contributed by atoms with E-state index in [0.29, 0.717) is 11.7 Å². The zero-order chi connectivity index (χ0) is 19.4. The van der Waals surface area contributed by atoms with Gasteiger partial charge in [-0.3, -0.25) is 4.79 Å². The second kappa shape index (κ2) is 8.00. The number of benzene rings is 1. The number of thioether (sulfide) groups is 1. The summed E-state index contributed by atoms with van der Waals surface area (Å²) in [6.07, 6.45) is 1.59. The summed E-state index contributed by atoms with van der Waals surface area (Å²) in [6, 6.07) is 12.0. The lowest BCUT2D eigenvalue weighted by atomic mass is 9.87. The molecule has 1 amide bonds. The second-order valence-electron chi connectivity index (χ2n) is 7.34.